The van der Waals surface area contributed by atoms with Crippen molar-refractivity contribution in [3.05, 3.63) is 48.3 Å². The number of nitrogens with zero attached hydrogens (tertiary/aromatic N) is 2. The number of rotatable bonds is 2. The van der Waals surface area contributed by atoms with Crippen LogP contribution in [0.25, 0.3) is 15.3 Å². The molecule has 1 aromatic carbocycles. The minimum Gasteiger partial charge on any atom is -0.388 e. The number of hydrogen-bond acceptors (Lipinski definition) is 3. The molecule has 3 aromatic rings. The van der Waals surface area contributed by atoms with Gasteiger partial charge in [0.25, 0.3) is 0 Å². The second kappa shape index (κ2) is 3.94. The number of hydrogen-bond donors (Lipinski definition) is 1. The average molecular weight is 259 g/mol. The summed E-state index contributed by atoms with van der Waals surface area (Å²) in [5.74, 6) is 0. The van der Waals surface area contributed by atoms with Crippen LogP contribution in [0, 0.1) is 0 Å². The van der Waals surface area contributed by atoms with E-state index in [4.69, 9.17) is 18.0 Å². The van der Waals surface area contributed by atoms with Crippen LogP contribution in [-0.4, -0.2) is 14.5 Å². The molecule has 0 aliphatic rings. The fourth-order valence-electron chi connectivity index (χ4n) is 1.71. The predicted molar refractivity (Wildman–Crippen MR) is 74.8 cm³/mol. The van der Waals surface area contributed by atoms with Gasteiger partial charge in [-0.3, -0.25) is 4.57 Å². The van der Waals surface area contributed by atoms with E-state index >= 15 is 0 Å². The van der Waals surface area contributed by atoms with Gasteiger partial charge in [0.2, 0.25) is 0 Å². The molecule has 0 radical (unpaired) electrons. The monoisotopic (exact) mass is 259 g/mol. The van der Waals surface area contributed by atoms with Crippen LogP contribution in [0.4, 0.5) is 0 Å². The van der Waals surface area contributed by atoms with Crippen molar-refractivity contribution in [2.75, 3.05) is 0 Å². The Hall–Kier alpha value is -1.72. The lowest BCUT2D eigenvalue weighted by Gasteiger charge is -2.02. The van der Waals surface area contributed by atoms with Crippen LogP contribution in [0.3, 0.4) is 0 Å². The van der Waals surface area contributed by atoms with Crippen LogP contribution < -0.4 is 5.73 Å². The first-order valence-electron chi connectivity index (χ1n) is 5.09. The molecule has 0 aliphatic heterocycles. The van der Waals surface area contributed by atoms with Crippen molar-refractivity contribution in [2.45, 2.75) is 0 Å². The minimum absolute atomic E-state index is 0.384. The van der Waals surface area contributed by atoms with Gasteiger partial charge in [-0.25, -0.2) is 4.98 Å². The summed E-state index contributed by atoms with van der Waals surface area (Å²) < 4.78 is 3.08. The first-order valence-corrected chi connectivity index (χ1v) is 6.31. The van der Waals surface area contributed by atoms with Crippen molar-refractivity contribution in [1.82, 2.24) is 9.55 Å². The van der Waals surface area contributed by atoms with Gasteiger partial charge in [0.1, 0.15) is 4.99 Å². The number of benzene rings is 1. The molecular formula is C12H9N3S2. The van der Waals surface area contributed by atoms with E-state index in [0.29, 0.717) is 4.99 Å². The van der Waals surface area contributed by atoms with Crippen LogP contribution in [0.2, 0.25) is 0 Å². The van der Waals surface area contributed by atoms with Gasteiger partial charge in [0, 0.05) is 6.20 Å². The van der Waals surface area contributed by atoms with E-state index in [2.05, 4.69) is 11.1 Å². The lowest BCUT2D eigenvalue weighted by molar-refractivity contribution is 1.04. The molecule has 0 atom stereocenters. The third-order valence-electron chi connectivity index (χ3n) is 2.49. The van der Waals surface area contributed by atoms with E-state index in [1.54, 1.807) is 11.3 Å². The second-order valence-electron chi connectivity index (χ2n) is 3.59. The highest BCUT2D eigenvalue weighted by Gasteiger charge is 2.09. The first-order chi connectivity index (χ1) is 8.25. The molecule has 0 unspecified atom stereocenters. The van der Waals surface area contributed by atoms with Crippen molar-refractivity contribution in [3.8, 4) is 5.13 Å². The predicted octanol–water partition coefficient (Wildman–Crippen LogP) is 2.72. The van der Waals surface area contributed by atoms with Crippen LogP contribution in [0.5, 0.6) is 0 Å². The van der Waals surface area contributed by atoms with E-state index in [9.17, 15) is 0 Å². The molecule has 0 saturated heterocycles. The van der Waals surface area contributed by atoms with Crippen LogP contribution in [0.1, 0.15) is 5.69 Å². The molecule has 5 heteroatoms. The van der Waals surface area contributed by atoms with Crippen molar-refractivity contribution in [2.24, 2.45) is 5.73 Å². The van der Waals surface area contributed by atoms with Gasteiger partial charge in [0.15, 0.2) is 5.13 Å². The minimum atomic E-state index is 0.384. The van der Waals surface area contributed by atoms with Gasteiger partial charge in [0.05, 0.1) is 15.9 Å². The van der Waals surface area contributed by atoms with Gasteiger partial charge in [-0.1, -0.05) is 35.7 Å². The largest absolute Gasteiger partial charge is 0.388 e. The van der Waals surface area contributed by atoms with Crippen molar-refractivity contribution >= 4 is 38.8 Å². The molecule has 3 rings (SSSR count). The summed E-state index contributed by atoms with van der Waals surface area (Å²) in [7, 11) is 0. The molecule has 0 aliphatic carbocycles. The number of thiocarbonyl (C=S) groups is 1. The topological polar surface area (TPSA) is 43.8 Å². The van der Waals surface area contributed by atoms with E-state index in [1.807, 2.05) is 41.1 Å². The second-order valence-corrected chi connectivity index (χ2v) is 5.04. The Labute approximate surface area is 108 Å². The summed E-state index contributed by atoms with van der Waals surface area (Å²) in [4.78, 5) is 4.95. The van der Waals surface area contributed by atoms with Crippen molar-refractivity contribution in [3.63, 3.8) is 0 Å². The zero-order valence-electron chi connectivity index (χ0n) is 8.83. The Kier molecular flexibility index (Phi) is 2.42. The normalized spacial score (nSPS) is 10.8. The van der Waals surface area contributed by atoms with Gasteiger partial charge < -0.3 is 5.73 Å². The Morgan fingerprint density at radius 3 is 2.82 bits per heavy atom. The van der Waals surface area contributed by atoms with E-state index < -0.39 is 0 Å². The molecule has 2 N–H and O–H groups in total. The summed E-state index contributed by atoms with van der Waals surface area (Å²) >= 11 is 6.64. The SMILES string of the molecule is NC(=S)c1cccn1-c1nc2ccccc2s1. The van der Waals surface area contributed by atoms with Crippen LogP contribution >= 0.6 is 23.6 Å². The lowest BCUT2D eigenvalue weighted by Crippen LogP contribution is -2.14. The quantitative estimate of drug-likeness (QED) is 0.720. The fourth-order valence-corrected chi connectivity index (χ4v) is 2.84. The van der Waals surface area contributed by atoms with Crippen molar-refractivity contribution < 1.29 is 0 Å². The maximum atomic E-state index is 5.68. The van der Waals surface area contributed by atoms with E-state index in [-0.39, 0.29) is 0 Å². The molecule has 3 nitrogen and oxygen atoms in total. The Bertz CT molecular complexity index is 663. The number of aromatic nitrogens is 2. The number of thiazole rings is 1. The summed E-state index contributed by atoms with van der Waals surface area (Å²) in [5.41, 5.74) is 7.49. The van der Waals surface area contributed by atoms with E-state index in [1.165, 1.54) is 0 Å². The maximum Gasteiger partial charge on any atom is 0.195 e. The zero-order valence-corrected chi connectivity index (χ0v) is 10.5. The van der Waals surface area contributed by atoms with Crippen molar-refractivity contribution in [1.29, 1.82) is 0 Å². The summed E-state index contributed by atoms with van der Waals surface area (Å²) in [6, 6.07) is 11.9. The third kappa shape index (κ3) is 1.73. The molecule has 2 heterocycles. The average Bonchev–Trinajstić information content (AvgIpc) is 2.95. The third-order valence-corrected chi connectivity index (χ3v) is 3.73. The fraction of sp³-hybridized carbons (Fsp3) is 0. The molecule has 0 saturated carbocycles. The van der Waals surface area contributed by atoms with Gasteiger partial charge in [-0.2, -0.15) is 0 Å². The highest BCUT2D eigenvalue weighted by molar-refractivity contribution is 7.80. The van der Waals surface area contributed by atoms with Gasteiger partial charge in [-0.15, -0.1) is 0 Å². The molecule has 0 amide bonds. The molecule has 84 valence electrons. The van der Waals surface area contributed by atoms with Crippen LogP contribution in [-0.2, 0) is 0 Å². The zero-order chi connectivity index (χ0) is 11.8. The molecule has 0 bridgehead atoms. The first kappa shape index (κ1) is 10.4. The van der Waals surface area contributed by atoms with Gasteiger partial charge in [-0.05, 0) is 24.3 Å². The summed E-state index contributed by atoms with van der Waals surface area (Å²) in [6.07, 6.45) is 1.92. The maximum absolute atomic E-state index is 5.68. The number of para-hydroxylation sites is 1. The smallest absolute Gasteiger partial charge is 0.195 e. The highest BCUT2D eigenvalue weighted by atomic mass is 32.1. The summed E-state index contributed by atoms with van der Waals surface area (Å²) in [5, 5.41) is 0.888. The standard InChI is InChI=1S/C12H9N3S2/c13-11(16)9-5-3-7-15(9)12-14-8-4-1-2-6-10(8)17-12/h1-7H,(H2,13,16). The Morgan fingerprint density at radius 2 is 2.06 bits per heavy atom. The van der Waals surface area contributed by atoms with Gasteiger partial charge >= 0.3 is 0 Å². The molecule has 0 spiro atoms. The molecular weight excluding hydrogens is 250 g/mol. The number of nitrogens with two attached hydrogens (primary N) is 1. The van der Waals surface area contributed by atoms with Crippen LogP contribution in [0.15, 0.2) is 42.6 Å². The molecule has 2 aromatic heterocycles. The summed E-state index contributed by atoms with van der Waals surface area (Å²) in [6.45, 7) is 0. The lowest BCUT2D eigenvalue weighted by atomic mass is 10.3. The van der Waals surface area contributed by atoms with E-state index in [0.717, 1.165) is 21.0 Å². The number of fused-ring (bicyclic) bond motifs is 1. The Balaban J connectivity index is 2.20. The molecule has 17 heavy (non-hydrogen) atoms. The Morgan fingerprint density at radius 1 is 1.24 bits per heavy atom. The highest BCUT2D eigenvalue weighted by Crippen LogP contribution is 2.25. The molecule has 0 fully saturated rings.